The number of hydrogen-bond acceptors (Lipinski definition) is 10. The summed E-state index contributed by atoms with van der Waals surface area (Å²) in [4.78, 5) is 5.31. The number of allylic oxidation sites excluding steroid dienone is 2. The van der Waals surface area contributed by atoms with Crippen LogP contribution in [0.2, 0.25) is 0 Å². The number of hydrogen-bond donors (Lipinski definition) is 4. The lowest BCUT2D eigenvalue weighted by Crippen LogP contribution is -2.56. The van der Waals surface area contributed by atoms with E-state index < -0.39 is 44.3 Å². The molecule has 5 heterocycles. The molecule has 0 amide bonds. The number of aryl methyl sites for hydroxylation is 3. The van der Waals surface area contributed by atoms with Crippen molar-refractivity contribution in [3.05, 3.63) is 166 Å². The first-order valence-electron chi connectivity index (χ1n) is 19.3. The third-order valence-electron chi connectivity index (χ3n) is 10.9. The monoisotopic (exact) mass is 775 g/mol. The fourth-order valence-corrected chi connectivity index (χ4v) is 8.29. The first-order valence-corrected chi connectivity index (χ1v) is 19.3. The standard InChI is InChI=1S/C45H42BN5O7/c1-26-21-27(2)40(28(3)22-26)41(36-20-19-35-32-14-8-10-16-38(32)58-46(51(35)36)29-11-5-4-6-12-29)34-18-17-33(47-34)31-13-7-9-15-37(31)56-25-30-23-50(49-48-30)45-44(55)43(54)42(53)39(24-52)57-45/h4-23,39,42-45,52-55H,24-25H2,1-3H3/b41-34+. The molecule has 2 aromatic heterocycles. The average Bonchev–Trinajstić information content (AvgIpc) is 4.02. The second-order valence-electron chi connectivity index (χ2n) is 14.9. The van der Waals surface area contributed by atoms with E-state index in [-0.39, 0.29) is 6.61 Å². The zero-order valence-electron chi connectivity index (χ0n) is 32.2. The number of rotatable bonds is 9. The minimum absolute atomic E-state index is 0.0276. The van der Waals surface area contributed by atoms with E-state index >= 15 is 0 Å². The summed E-state index contributed by atoms with van der Waals surface area (Å²) < 4.78 is 22.3. The number of fused-ring (bicyclic) bond motifs is 3. The maximum Gasteiger partial charge on any atom is 0.524 e. The molecule has 4 N–H and O–H groups in total. The Morgan fingerprint density at radius 2 is 1.53 bits per heavy atom. The highest BCUT2D eigenvalue weighted by molar-refractivity contribution is 6.67. The number of aliphatic hydroxyl groups is 4. The summed E-state index contributed by atoms with van der Waals surface area (Å²) in [7, 11) is -0.417. The summed E-state index contributed by atoms with van der Waals surface area (Å²) >= 11 is 0. The van der Waals surface area contributed by atoms with Gasteiger partial charge < -0.3 is 39.0 Å². The number of aliphatic hydroxyl groups excluding tert-OH is 4. The second-order valence-corrected chi connectivity index (χ2v) is 14.9. The van der Waals surface area contributed by atoms with Gasteiger partial charge in [0.05, 0.1) is 24.2 Å². The molecule has 58 heavy (non-hydrogen) atoms. The van der Waals surface area contributed by atoms with Crippen LogP contribution in [0.15, 0.2) is 132 Å². The van der Waals surface area contributed by atoms with Gasteiger partial charge in [-0.2, -0.15) is 0 Å². The second kappa shape index (κ2) is 15.3. The number of para-hydroxylation sites is 2. The lowest BCUT2D eigenvalue weighted by atomic mass is 9.70. The Bertz CT molecular complexity index is 2570. The number of aliphatic imine (C=N–C) groups is 1. The Morgan fingerprint density at radius 3 is 2.31 bits per heavy atom. The van der Waals surface area contributed by atoms with E-state index in [1.54, 1.807) is 0 Å². The molecular formula is C45H42BN5O7. The van der Waals surface area contributed by atoms with Gasteiger partial charge >= 0.3 is 7.05 Å². The summed E-state index contributed by atoms with van der Waals surface area (Å²) in [6.07, 6.45) is -1.16. The molecule has 6 aromatic rings. The van der Waals surface area contributed by atoms with Gasteiger partial charge in [0, 0.05) is 28.1 Å². The molecule has 0 bridgehead atoms. The number of aromatic nitrogens is 4. The summed E-state index contributed by atoms with van der Waals surface area (Å²) in [5.41, 5.74) is 12.4. The van der Waals surface area contributed by atoms with Crippen LogP contribution in [-0.4, -0.2) is 83.7 Å². The van der Waals surface area contributed by atoms with E-state index in [0.717, 1.165) is 67.4 Å². The van der Waals surface area contributed by atoms with Gasteiger partial charge in [-0.05, 0) is 91.5 Å². The first kappa shape index (κ1) is 37.5. The van der Waals surface area contributed by atoms with Crippen LogP contribution in [0.1, 0.15) is 45.4 Å². The van der Waals surface area contributed by atoms with Crippen molar-refractivity contribution in [3.8, 4) is 22.8 Å². The molecule has 0 aliphatic carbocycles. The molecule has 0 saturated carbocycles. The molecule has 1 saturated heterocycles. The number of benzene rings is 4. The predicted octanol–water partition coefficient (Wildman–Crippen LogP) is 4.68. The SMILES string of the molecule is Cc1cc(C)c(/C(=C2\C=CC(c3ccccc3OCc3cn(C4OC(CO)C(O)C(O)C4O)nn3)=N2)c2ccc3n2B(c2ccccc2)Oc2ccccc2-3)c(C)c1. The number of nitrogens with zero attached hydrogens (tertiary/aromatic N) is 5. The summed E-state index contributed by atoms with van der Waals surface area (Å²) in [6.45, 7) is 5.90. The Kier molecular flexibility index (Phi) is 9.92. The molecule has 3 aliphatic rings. The molecule has 3 aliphatic heterocycles. The molecule has 1 fully saturated rings. The quantitative estimate of drug-likeness (QED) is 0.153. The molecule has 12 nitrogen and oxygen atoms in total. The topological polar surface area (TPSA) is 157 Å². The third-order valence-corrected chi connectivity index (χ3v) is 10.9. The van der Waals surface area contributed by atoms with Gasteiger partial charge in [-0.15, -0.1) is 5.10 Å². The van der Waals surface area contributed by atoms with Crippen LogP contribution < -0.4 is 14.9 Å². The van der Waals surface area contributed by atoms with Crippen LogP contribution in [-0.2, 0) is 11.3 Å². The predicted molar refractivity (Wildman–Crippen MR) is 220 cm³/mol. The molecule has 5 atom stereocenters. The summed E-state index contributed by atoms with van der Waals surface area (Å²) in [5, 5.41) is 48.9. The zero-order chi connectivity index (χ0) is 40.1. The van der Waals surface area contributed by atoms with Crippen LogP contribution in [0, 0.1) is 20.8 Å². The van der Waals surface area contributed by atoms with Crippen molar-refractivity contribution in [1.82, 2.24) is 19.5 Å². The summed E-state index contributed by atoms with van der Waals surface area (Å²) in [6, 6.07) is 34.9. The van der Waals surface area contributed by atoms with E-state index in [0.29, 0.717) is 11.4 Å². The molecule has 9 rings (SSSR count). The van der Waals surface area contributed by atoms with Crippen LogP contribution in [0.3, 0.4) is 0 Å². The van der Waals surface area contributed by atoms with E-state index in [2.05, 4.69) is 84.1 Å². The van der Waals surface area contributed by atoms with E-state index in [9.17, 15) is 20.4 Å². The summed E-state index contributed by atoms with van der Waals surface area (Å²) in [5.74, 6) is 1.41. The van der Waals surface area contributed by atoms with E-state index in [1.807, 2.05) is 66.7 Å². The van der Waals surface area contributed by atoms with Gasteiger partial charge in [-0.25, -0.2) is 9.67 Å². The minimum Gasteiger partial charge on any atom is -0.537 e. The van der Waals surface area contributed by atoms with E-state index in [4.69, 9.17) is 19.1 Å². The number of ether oxygens (including phenoxy) is 2. The fourth-order valence-electron chi connectivity index (χ4n) is 8.29. The highest BCUT2D eigenvalue weighted by Crippen LogP contribution is 2.42. The highest BCUT2D eigenvalue weighted by Gasteiger charge is 2.45. The van der Waals surface area contributed by atoms with Gasteiger partial charge in [-0.1, -0.05) is 77.5 Å². The maximum absolute atomic E-state index is 10.6. The highest BCUT2D eigenvalue weighted by atomic mass is 16.6. The Balaban J connectivity index is 1.09. The Labute approximate surface area is 335 Å². The van der Waals surface area contributed by atoms with Crippen LogP contribution in [0.4, 0.5) is 0 Å². The molecule has 5 unspecified atom stereocenters. The van der Waals surface area contributed by atoms with Crippen LogP contribution in [0.5, 0.6) is 11.5 Å². The van der Waals surface area contributed by atoms with Crippen molar-refractivity contribution in [2.24, 2.45) is 4.99 Å². The maximum atomic E-state index is 10.6. The van der Waals surface area contributed by atoms with Crippen molar-refractivity contribution in [1.29, 1.82) is 0 Å². The van der Waals surface area contributed by atoms with E-state index in [1.165, 1.54) is 16.4 Å². The minimum atomic E-state index is -1.54. The Hall–Kier alpha value is -6.09. The van der Waals surface area contributed by atoms with Gasteiger partial charge in [0.15, 0.2) is 6.23 Å². The lowest BCUT2D eigenvalue weighted by Gasteiger charge is -2.39. The largest absolute Gasteiger partial charge is 0.537 e. The molecule has 13 heteroatoms. The normalized spacial score (nSPS) is 21.9. The smallest absolute Gasteiger partial charge is 0.524 e. The van der Waals surface area contributed by atoms with Crippen molar-refractivity contribution in [3.63, 3.8) is 0 Å². The first-order chi connectivity index (χ1) is 28.2. The van der Waals surface area contributed by atoms with Gasteiger partial charge in [0.25, 0.3) is 0 Å². The van der Waals surface area contributed by atoms with Crippen molar-refractivity contribution >= 4 is 23.8 Å². The molecular weight excluding hydrogens is 733 g/mol. The average molecular weight is 776 g/mol. The Morgan fingerprint density at radius 1 is 0.810 bits per heavy atom. The third kappa shape index (κ3) is 6.66. The molecule has 0 spiro atoms. The van der Waals surface area contributed by atoms with Crippen LogP contribution >= 0.6 is 0 Å². The van der Waals surface area contributed by atoms with Gasteiger partial charge in [-0.3, -0.25) is 0 Å². The fraction of sp³-hybridized carbons (Fsp3) is 0.222. The van der Waals surface area contributed by atoms with Crippen molar-refractivity contribution < 1.29 is 34.6 Å². The van der Waals surface area contributed by atoms with Gasteiger partial charge in [0.1, 0.15) is 48.2 Å². The lowest BCUT2D eigenvalue weighted by molar-refractivity contribution is -0.254. The van der Waals surface area contributed by atoms with Crippen molar-refractivity contribution in [2.75, 3.05) is 6.61 Å². The molecule has 4 aromatic carbocycles. The van der Waals surface area contributed by atoms with Crippen molar-refractivity contribution in [2.45, 2.75) is 58.0 Å². The van der Waals surface area contributed by atoms with Crippen LogP contribution in [0.25, 0.3) is 16.8 Å². The molecule has 292 valence electrons. The van der Waals surface area contributed by atoms with Gasteiger partial charge in [0.2, 0.25) is 0 Å². The zero-order valence-corrected chi connectivity index (χ0v) is 32.2. The molecule has 0 radical (unpaired) electrons.